The summed E-state index contributed by atoms with van der Waals surface area (Å²) < 4.78 is 5.32. The number of azo groups is 1. The van der Waals surface area contributed by atoms with Crippen LogP contribution in [0.5, 0.6) is 0 Å². The van der Waals surface area contributed by atoms with Crippen molar-refractivity contribution in [3.63, 3.8) is 0 Å². The van der Waals surface area contributed by atoms with Crippen molar-refractivity contribution < 1.29 is 23.9 Å². The van der Waals surface area contributed by atoms with E-state index in [1.165, 1.54) is 23.1 Å². The molecular formula is C15H12N4O5. The van der Waals surface area contributed by atoms with Crippen molar-refractivity contribution in [1.82, 2.24) is 9.88 Å². The zero-order chi connectivity index (χ0) is 17.3. The highest BCUT2D eigenvalue weighted by Crippen LogP contribution is 2.24. The Balaban J connectivity index is 1.91. The summed E-state index contributed by atoms with van der Waals surface area (Å²) in [7, 11) is 1.59. The maximum atomic E-state index is 11.9. The molecule has 122 valence electrons. The molecule has 1 aromatic heterocycles. The Morgan fingerprint density at radius 1 is 1.42 bits per heavy atom. The average molecular weight is 328 g/mol. The molecule has 2 heterocycles. The molecular weight excluding hydrogens is 316 g/mol. The van der Waals surface area contributed by atoms with Gasteiger partial charge >= 0.3 is 6.01 Å². The van der Waals surface area contributed by atoms with Crippen LogP contribution < -0.4 is 0 Å². The lowest BCUT2D eigenvalue weighted by atomic mass is 10.1. The van der Waals surface area contributed by atoms with E-state index in [2.05, 4.69) is 15.2 Å². The summed E-state index contributed by atoms with van der Waals surface area (Å²) in [6.07, 6.45) is 0.500. The number of rotatable bonds is 4. The standard InChI is InChI=1S/C15H12N4O5/c1-19-5-4-10(21)13(14(19)23)17-18-15-16-9-3-2-8(11(22)7-20)6-12(9)24-15/h2-3,6-7,21H,4-5H2,1H3. The molecule has 1 aromatic carbocycles. The first-order valence-corrected chi connectivity index (χ1v) is 6.99. The number of likely N-dealkylation sites (N-methyl/N-ethyl adjacent to an activating group) is 1. The van der Waals surface area contributed by atoms with Gasteiger partial charge in [-0.25, -0.2) is 0 Å². The third-order valence-corrected chi connectivity index (χ3v) is 3.51. The van der Waals surface area contributed by atoms with Gasteiger partial charge in [0, 0.05) is 25.6 Å². The number of aliphatic hydroxyl groups excluding tert-OH is 1. The first-order chi connectivity index (χ1) is 11.5. The fourth-order valence-electron chi connectivity index (χ4n) is 2.17. The Morgan fingerprint density at radius 3 is 2.96 bits per heavy atom. The second kappa shape index (κ2) is 6.03. The molecule has 9 nitrogen and oxygen atoms in total. The van der Waals surface area contributed by atoms with E-state index >= 15 is 0 Å². The number of oxazole rings is 1. The number of benzene rings is 1. The fourth-order valence-corrected chi connectivity index (χ4v) is 2.17. The number of aromatic nitrogens is 1. The second-order valence-electron chi connectivity index (χ2n) is 5.13. The summed E-state index contributed by atoms with van der Waals surface area (Å²) in [5.41, 5.74) is 0.669. The van der Waals surface area contributed by atoms with E-state index in [1.807, 2.05) is 0 Å². The van der Waals surface area contributed by atoms with Crippen LogP contribution in [0.25, 0.3) is 11.1 Å². The van der Waals surface area contributed by atoms with Crippen LogP contribution >= 0.6 is 0 Å². The molecule has 0 unspecified atom stereocenters. The van der Waals surface area contributed by atoms with Crippen molar-refractivity contribution in [3.05, 3.63) is 35.2 Å². The first-order valence-electron chi connectivity index (χ1n) is 6.99. The van der Waals surface area contributed by atoms with Crippen LogP contribution in [0.1, 0.15) is 16.8 Å². The SMILES string of the molecule is CN1CCC(O)=C(N=Nc2nc3ccc(C(=O)C=O)cc3o2)C1=O. The zero-order valence-electron chi connectivity index (χ0n) is 12.6. The molecule has 0 spiro atoms. The summed E-state index contributed by atoms with van der Waals surface area (Å²) >= 11 is 0. The van der Waals surface area contributed by atoms with E-state index in [-0.39, 0.29) is 34.9 Å². The summed E-state index contributed by atoms with van der Waals surface area (Å²) in [4.78, 5) is 39.2. The van der Waals surface area contributed by atoms with Gasteiger partial charge in [0.1, 0.15) is 11.3 Å². The number of ketones is 1. The van der Waals surface area contributed by atoms with Crippen LogP contribution in [0.4, 0.5) is 6.01 Å². The predicted molar refractivity (Wildman–Crippen MR) is 80.8 cm³/mol. The number of amides is 1. The van der Waals surface area contributed by atoms with Crippen molar-refractivity contribution >= 4 is 35.1 Å². The Kier molecular flexibility index (Phi) is 3.90. The van der Waals surface area contributed by atoms with Gasteiger partial charge < -0.3 is 14.4 Å². The Hall–Kier alpha value is -3.36. The Bertz CT molecular complexity index is 912. The number of carbonyl (C=O) groups excluding carboxylic acids is 3. The molecule has 0 fully saturated rings. The molecule has 24 heavy (non-hydrogen) atoms. The molecule has 1 amide bonds. The van der Waals surface area contributed by atoms with Crippen molar-refractivity contribution in [1.29, 1.82) is 0 Å². The van der Waals surface area contributed by atoms with Crippen molar-refractivity contribution in [3.8, 4) is 0 Å². The van der Waals surface area contributed by atoms with E-state index in [0.29, 0.717) is 18.5 Å². The van der Waals surface area contributed by atoms with Crippen molar-refractivity contribution in [2.24, 2.45) is 10.2 Å². The largest absolute Gasteiger partial charge is 0.510 e. The molecule has 9 heteroatoms. The lowest BCUT2D eigenvalue weighted by Gasteiger charge is -2.21. The minimum atomic E-state index is -0.678. The Morgan fingerprint density at radius 2 is 2.21 bits per heavy atom. The lowest BCUT2D eigenvalue weighted by molar-refractivity contribution is -0.127. The number of hydrogen-bond donors (Lipinski definition) is 1. The van der Waals surface area contributed by atoms with Crippen LogP contribution in [0.2, 0.25) is 0 Å². The van der Waals surface area contributed by atoms with Crippen LogP contribution in [-0.4, -0.2) is 46.6 Å². The van der Waals surface area contributed by atoms with Crippen LogP contribution in [0.15, 0.2) is 44.3 Å². The minimum Gasteiger partial charge on any atom is -0.510 e. The van der Waals surface area contributed by atoms with Gasteiger partial charge in [-0.05, 0) is 18.2 Å². The zero-order valence-corrected chi connectivity index (χ0v) is 12.6. The van der Waals surface area contributed by atoms with Gasteiger partial charge in [-0.1, -0.05) is 5.11 Å². The highest BCUT2D eigenvalue weighted by Gasteiger charge is 2.24. The summed E-state index contributed by atoms with van der Waals surface area (Å²) in [5, 5.41) is 17.2. The maximum absolute atomic E-state index is 11.9. The Labute approximate surface area is 135 Å². The number of nitrogens with zero attached hydrogens (tertiary/aromatic N) is 4. The molecule has 0 saturated heterocycles. The second-order valence-corrected chi connectivity index (χ2v) is 5.13. The average Bonchev–Trinajstić information content (AvgIpc) is 2.99. The van der Waals surface area contributed by atoms with Crippen LogP contribution in [0, 0.1) is 0 Å². The number of aliphatic hydroxyl groups is 1. The summed E-state index contributed by atoms with van der Waals surface area (Å²) in [6.45, 7) is 0.403. The van der Waals surface area contributed by atoms with Gasteiger partial charge in [-0.3, -0.25) is 14.4 Å². The van der Waals surface area contributed by atoms with Crippen molar-refractivity contribution in [2.75, 3.05) is 13.6 Å². The number of carbonyl (C=O) groups is 3. The van der Waals surface area contributed by atoms with Gasteiger partial charge in [-0.15, -0.1) is 5.11 Å². The van der Waals surface area contributed by atoms with E-state index < -0.39 is 11.7 Å². The highest BCUT2D eigenvalue weighted by atomic mass is 16.4. The monoisotopic (exact) mass is 328 g/mol. The summed E-state index contributed by atoms with van der Waals surface area (Å²) in [5.74, 6) is -1.27. The molecule has 1 aliphatic rings. The highest BCUT2D eigenvalue weighted by molar-refractivity contribution is 6.33. The van der Waals surface area contributed by atoms with E-state index in [1.54, 1.807) is 7.05 Å². The molecule has 0 radical (unpaired) electrons. The van der Waals surface area contributed by atoms with Gasteiger partial charge in [0.05, 0.1) is 0 Å². The summed E-state index contributed by atoms with van der Waals surface area (Å²) in [6, 6.07) is 4.18. The van der Waals surface area contributed by atoms with Crippen LogP contribution in [0.3, 0.4) is 0 Å². The number of fused-ring (bicyclic) bond motifs is 1. The van der Waals surface area contributed by atoms with E-state index in [9.17, 15) is 19.5 Å². The minimum absolute atomic E-state index is 0.137. The quantitative estimate of drug-likeness (QED) is 0.395. The molecule has 3 rings (SSSR count). The molecule has 0 saturated carbocycles. The normalized spacial score (nSPS) is 15.5. The first kappa shape index (κ1) is 15.5. The number of Topliss-reactive ketones (excluding diaryl/α,β-unsaturated/α-hetero) is 1. The predicted octanol–water partition coefficient (Wildman–Crippen LogP) is 1.92. The third-order valence-electron chi connectivity index (χ3n) is 3.51. The number of aldehydes is 1. The molecule has 0 aliphatic carbocycles. The molecule has 2 aromatic rings. The molecule has 0 bridgehead atoms. The third kappa shape index (κ3) is 2.78. The molecule has 0 atom stereocenters. The lowest BCUT2D eigenvalue weighted by Crippen LogP contribution is -2.33. The molecule has 1 N–H and O–H groups in total. The molecule has 1 aliphatic heterocycles. The van der Waals surface area contributed by atoms with Gasteiger partial charge in [-0.2, -0.15) is 4.98 Å². The van der Waals surface area contributed by atoms with Gasteiger partial charge in [0.15, 0.2) is 17.6 Å². The fraction of sp³-hybridized carbons (Fsp3) is 0.200. The number of hydrogen-bond acceptors (Lipinski definition) is 8. The van der Waals surface area contributed by atoms with Crippen molar-refractivity contribution in [2.45, 2.75) is 6.42 Å². The maximum Gasteiger partial charge on any atom is 0.341 e. The van der Waals surface area contributed by atoms with E-state index in [0.717, 1.165) is 0 Å². The van der Waals surface area contributed by atoms with E-state index in [4.69, 9.17) is 4.42 Å². The van der Waals surface area contributed by atoms with Gasteiger partial charge in [0.2, 0.25) is 5.78 Å². The smallest absolute Gasteiger partial charge is 0.341 e. The van der Waals surface area contributed by atoms with Gasteiger partial charge in [0.25, 0.3) is 5.91 Å². The van der Waals surface area contributed by atoms with Crippen LogP contribution in [-0.2, 0) is 9.59 Å². The topological polar surface area (TPSA) is 125 Å².